The van der Waals surface area contributed by atoms with E-state index in [1.165, 1.54) is 0 Å². The zero-order chi connectivity index (χ0) is 18.4. The zero-order valence-corrected chi connectivity index (χ0v) is 15.1. The predicted octanol–water partition coefficient (Wildman–Crippen LogP) is 2.26. The van der Waals surface area contributed by atoms with E-state index in [9.17, 15) is 8.42 Å². The monoisotopic (exact) mass is 371 g/mol. The van der Waals surface area contributed by atoms with Crippen molar-refractivity contribution in [3.8, 4) is 11.3 Å². The molecule has 0 fully saturated rings. The summed E-state index contributed by atoms with van der Waals surface area (Å²) < 4.78 is 29.6. The Balaban J connectivity index is 1.98. The van der Waals surface area contributed by atoms with Crippen LogP contribution in [0.5, 0.6) is 0 Å². The molecule has 0 aliphatic rings. The van der Waals surface area contributed by atoms with Crippen molar-refractivity contribution in [1.82, 2.24) is 14.5 Å². The number of aromatic nitrogens is 2. The summed E-state index contributed by atoms with van der Waals surface area (Å²) in [6.45, 7) is 0.588. The van der Waals surface area contributed by atoms with Gasteiger partial charge in [0.25, 0.3) is 0 Å². The molecule has 3 aromatic rings. The highest BCUT2D eigenvalue weighted by Gasteiger charge is 2.23. The van der Waals surface area contributed by atoms with Gasteiger partial charge in [-0.15, -0.1) is 0 Å². The Morgan fingerprint density at radius 3 is 2.31 bits per heavy atom. The first-order valence-corrected chi connectivity index (χ1v) is 9.86. The molecule has 0 amide bonds. The molecular formula is C19H21N3O3S. The van der Waals surface area contributed by atoms with Gasteiger partial charge in [-0.25, -0.2) is 13.1 Å². The summed E-state index contributed by atoms with van der Waals surface area (Å²) in [7, 11) is -3.73. The third-order valence-electron chi connectivity index (χ3n) is 3.88. The Labute approximate surface area is 153 Å². The average molecular weight is 371 g/mol. The predicted molar refractivity (Wildman–Crippen MR) is 100 cm³/mol. The first-order chi connectivity index (χ1) is 12.6. The first kappa shape index (κ1) is 18.3. The Kier molecular flexibility index (Phi) is 5.82. The lowest BCUT2D eigenvalue weighted by Gasteiger charge is -2.06. The highest BCUT2D eigenvalue weighted by molar-refractivity contribution is 7.89. The molecule has 7 heteroatoms. The lowest BCUT2D eigenvalue weighted by atomic mass is 10.2. The molecule has 0 spiro atoms. The SMILES string of the molecule is O=S(=O)(NCCCO)c1cn(Cc2ccccc2)nc1-c1ccccc1. The summed E-state index contributed by atoms with van der Waals surface area (Å²) in [5.74, 6) is 0. The summed E-state index contributed by atoms with van der Waals surface area (Å²) in [6, 6.07) is 19.0. The third kappa shape index (κ3) is 4.37. The molecule has 2 aromatic carbocycles. The molecule has 0 saturated carbocycles. The summed E-state index contributed by atoms with van der Waals surface area (Å²) >= 11 is 0. The van der Waals surface area contributed by atoms with Gasteiger partial charge >= 0.3 is 0 Å². The van der Waals surface area contributed by atoms with Gasteiger partial charge in [0, 0.05) is 24.9 Å². The van der Waals surface area contributed by atoms with Crippen molar-refractivity contribution in [3.63, 3.8) is 0 Å². The van der Waals surface area contributed by atoms with Crippen molar-refractivity contribution in [2.45, 2.75) is 17.9 Å². The van der Waals surface area contributed by atoms with E-state index in [0.29, 0.717) is 18.7 Å². The van der Waals surface area contributed by atoms with Crippen LogP contribution in [0.1, 0.15) is 12.0 Å². The number of hydrogen-bond donors (Lipinski definition) is 2. The largest absolute Gasteiger partial charge is 0.396 e. The molecule has 2 N–H and O–H groups in total. The lowest BCUT2D eigenvalue weighted by Crippen LogP contribution is -2.25. The van der Waals surface area contributed by atoms with Crippen LogP contribution in [-0.4, -0.2) is 36.5 Å². The van der Waals surface area contributed by atoms with Crippen molar-refractivity contribution in [2.24, 2.45) is 0 Å². The smallest absolute Gasteiger partial charge is 0.244 e. The average Bonchev–Trinajstić information content (AvgIpc) is 3.08. The van der Waals surface area contributed by atoms with Gasteiger partial charge in [-0.05, 0) is 12.0 Å². The molecule has 136 valence electrons. The molecule has 0 bridgehead atoms. The standard InChI is InChI=1S/C19H21N3O3S/c23-13-7-12-20-26(24,25)18-15-22(14-16-8-3-1-4-9-16)21-19(18)17-10-5-2-6-11-17/h1-6,8-11,15,20,23H,7,12-14H2. The van der Waals surface area contributed by atoms with Crippen LogP contribution < -0.4 is 4.72 Å². The van der Waals surface area contributed by atoms with Crippen LogP contribution in [0.4, 0.5) is 0 Å². The quantitative estimate of drug-likeness (QED) is 0.595. The number of hydrogen-bond acceptors (Lipinski definition) is 4. The lowest BCUT2D eigenvalue weighted by molar-refractivity contribution is 0.289. The molecule has 1 heterocycles. The van der Waals surface area contributed by atoms with Gasteiger partial charge in [-0.2, -0.15) is 5.10 Å². The van der Waals surface area contributed by atoms with Crippen LogP contribution in [-0.2, 0) is 16.6 Å². The number of sulfonamides is 1. The highest BCUT2D eigenvalue weighted by atomic mass is 32.2. The number of benzene rings is 2. The summed E-state index contributed by atoms with van der Waals surface area (Å²) in [6.07, 6.45) is 1.91. The highest BCUT2D eigenvalue weighted by Crippen LogP contribution is 2.26. The van der Waals surface area contributed by atoms with E-state index in [-0.39, 0.29) is 18.0 Å². The number of rotatable bonds is 8. The van der Waals surface area contributed by atoms with Gasteiger partial charge in [-0.1, -0.05) is 60.7 Å². The second-order valence-electron chi connectivity index (χ2n) is 5.87. The Hall–Kier alpha value is -2.48. The number of nitrogens with one attached hydrogen (secondary N) is 1. The fourth-order valence-corrected chi connectivity index (χ4v) is 3.85. The van der Waals surface area contributed by atoms with Crippen molar-refractivity contribution >= 4 is 10.0 Å². The Morgan fingerprint density at radius 2 is 1.65 bits per heavy atom. The molecule has 0 aliphatic heterocycles. The zero-order valence-electron chi connectivity index (χ0n) is 14.2. The number of nitrogens with zero attached hydrogens (tertiary/aromatic N) is 2. The summed E-state index contributed by atoms with van der Waals surface area (Å²) in [5, 5.41) is 13.4. The van der Waals surface area contributed by atoms with E-state index in [1.54, 1.807) is 10.9 Å². The minimum Gasteiger partial charge on any atom is -0.396 e. The molecule has 0 radical (unpaired) electrons. The van der Waals surface area contributed by atoms with E-state index in [2.05, 4.69) is 9.82 Å². The molecular weight excluding hydrogens is 350 g/mol. The van der Waals surface area contributed by atoms with Crippen LogP contribution >= 0.6 is 0 Å². The molecule has 0 aliphatic carbocycles. The fraction of sp³-hybridized carbons (Fsp3) is 0.211. The fourth-order valence-electron chi connectivity index (χ4n) is 2.61. The maximum absolute atomic E-state index is 12.7. The molecule has 0 atom stereocenters. The third-order valence-corrected chi connectivity index (χ3v) is 5.34. The van der Waals surface area contributed by atoms with Gasteiger partial charge in [-0.3, -0.25) is 4.68 Å². The minimum absolute atomic E-state index is 0.0681. The maximum Gasteiger partial charge on any atom is 0.244 e. The number of aliphatic hydroxyl groups excluding tert-OH is 1. The molecule has 0 unspecified atom stereocenters. The van der Waals surface area contributed by atoms with E-state index in [0.717, 1.165) is 11.1 Å². The second kappa shape index (κ2) is 8.27. The minimum atomic E-state index is -3.73. The van der Waals surface area contributed by atoms with Crippen LogP contribution in [0, 0.1) is 0 Å². The van der Waals surface area contributed by atoms with Gasteiger partial charge in [0.05, 0.1) is 6.54 Å². The topological polar surface area (TPSA) is 84.2 Å². The van der Waals surface area contributed by atoms with Gasteiger partial charge in [0.1, 0.15) is 10.6 Å². The van der Waals surface area contributed by atoms with E-state index >= 15 is 0 Å². The van der Waals surface area contributed by atoms with Crippen molar-refractivity contribution in [3.05, 3.63) is 72.4 Å². The molecule has 6 nitrogen and oxygen atoms in total. The van der Waals surface area contributed by atoms with E-state index in [4.69, 9.17) is 5.11 Å². The normalized spacial score (nSPS) is 11.6. The number of aliphatic hydroxyl groups is 1. The van der Waals surface area contributed by atoms with Gasteiger partial charge < -0.3 is 5.11 Å². The van der Waals surface area contributed by atoms with Crippen LogP contribution in [0.15, 0.2) is 71.8 Å². The molecule has 0 saturated heterocycles. The van der Waals surface area contributed by atoms with Crippen molar-refractivity contribution in [2.75, 3.05) is 13.2 Å². The van der Waals surface area contributed by atoms with Crippen LogP contribution in [0.3, 0.4) is 0 Å². The summed E-state index contributed by atoms with van der Waals surface area (Å²) in [5.41, 5.74) is 2.19. The second-order valence-corrected chi connectivity index (χ2v) is 7.60. The van der Waals surface area contributed by atoms with E-state index in [1.807, 2.05) is 60.7 Å². The van der Waals surface area contributed by atoms with Crippen molar-refractivity contribution < 1.29 is 13.5 Å². The molecule has 3 rings (SSSR count). The van der Waals surface area contributed by atoms with E-state index < -0.39 is 10.0 Å². The van der Waals surface area contributed by atoms with Crippen molar-refractivity contribution in [1.29, 1.82) is 0 Å². The Morgan fingerprint density at radius 1 is 1.00 bits per heavy atom. The maximum atomic E-state index is 12.7. The molecule has 1 aromatic heterocycles. The summed E-state index contributed by atoms with van der Waals surface area (Å²) in [4.78, 5) is 0.137. The van der Waals surface area contributed by atoms with Gasteiger partial charge in [0.2, 0.25) is 10.0 Å². The van der Waals surface area contributed by atoms with Crippen LogP contribution in [0.25, 0.3) is 11.3 Å². The van der Waals surface area contributed by atoms with Gasteiger partial charge in [0.15, 0.2) is 0 Å². The van der Waals surface area contributed by atoms with Crippen LogP contribution in [0.2, 0.25) is 0 Å². The Bertz CT molecular complexity index is 939. The first-order valence-electron chi connectivity index (χ1n) is 8.37. The molecule has 26 heavy (non-hydrogen) atoms.